The molecule has 0 radical (unpaired) electrons. The molecule has 0 bridgehead atoms. The van der Waals surface area contributed by atoms with Crippen LogP contribution in [0.15, 0.2) is 36.7 Å². The highest BCUT2D eigenvalue weighted by Gasteiger charge is 2.46. The minimum Gasteiger partial charge on any atom is -0.492 e. The lowest BCUT2D eigenvalue weighted by Gasteiger charge is -2.53. The molecule has 4 heterocycles. The molecule has 2 unspecified atom stereocenters. The van der Waals surface area contributed by atoms with Gasteiger partial charge in [-0.15, -0.1) is 0 Å². The Morgan fingerprint density at radius 1 is 1.28 bits per heavy atom. The van der Waals surface area contributed by atoms with Gasteiger partial charge < -0.3 is 19.8 Å². The van der Waals surface area contributed by atoms with Crippen molar-refractivity contribution in [2.24, 2.45) is 0 Å². The molecule has 7 nitrogen and oxygen atoms in total. The van der Waals surface area contributed by atoms with Gasteiger partial charge in [-0.1, -0.05) is 18.2 Å². The Kier molecular flexibility index (Phi) is 5.01. The van der Waals surface area contributed by atoms with Crippen molar-refractivity contribution in [3.63, 3.8) is 0 Å². The maximum absolute atomic E-state index is 13.1. The molecule has 2 aromatic heterocycles. The third-order valence-corrected chi connectivity index (χ3v) is 6.45. The number of H-pyrrole nitrogens is 1. The Morgan fingerprint density at radius 2 is 2.06 bits per heavy atom. The smallest absolute Gasteiger partial charge is 0.431 e. The Hall–Kier alpha value is -2.85. The molecule has 1 fully saturated rings. The molecule has 32 heavy (non-hydrogen) atoms. The number of likely N-dealkylation sites (tertiary alicyclic amines) is 1. The van der Waals surface area contributed by atoms with Crippen LogP contribution in [0, 0.1) is 0 Å². The minimum atomic E-state index is -4.48. The molecule has 2 aliphatic rings. The normalized spacial score (nSPS) is 22.8. The first-order valence-electron chi connectivity index (χ1n) is 10.4. The average Bonchev–Trinajstić information content (AvgIpc) is 3.21. The molecule has 0 spiro atoms. The molecule has 2 aliphatic heterocycles. The van der Waals surface area contributed by atoms with Crippen LogP contribution in [-0.4, -0.2) is 64.8 Å². The SMILES string of the molecule is COC1(C)CN(C2COc3ccccc3C2CNc2ncnc3[nH]c(C(F)(F)F)cc23)C1. The molecular formula is C22H24F3N5O2. The first-order chi connectivity index (χ1) is 15.3. The Bertz CT molecular complexity index is 1130. The van der Waals surface area contributed by atoms with Gasteiger partial charge in [0.05, 0.1) is 17.0 Å². The second-order valence-electron chi connectivity index (χ2n) is 8.63. The molecule has 5 rings (SSSR count). The number of aromatic amines is 1. The van der Waals surface area contributed by atoms with E-state index in [4.69, 9.17) is 9.47 Å². The largest absolute Gasteiger partial charge is 0.492 e. The molecular weight excluding hydrogens is 423 g/mol. The van der Waals surface area contributed by atoms with E-state index < -0.39 is 11.9 Å². The van der Waals surface area contributed by atoms with Crippen LogP contribution in [0.1, 0.15) is 24.1 Å². The van der Waals surface area contributed by atoms with E-state index in [1.165, 1.54) is 6.33 Å². The maximum atomic E-state index is 13.1. The number of halogens is 3. The van der Waals surface area contributed by atoms with Gasteiger partial charge in [-0.2, -0.15) is 13.2 Å². The number of ether oxygens (including phenoxy) is 2. The van der Waals surface area contributed by atoms with Crippen LogP contribution in [0.5, 0.6) is 5.75 Å². The zero-order chi connectivity index (χ0) is 22.5. The number of benzene rings is 1. The quantitative estimate of drug-likeness (QED) is 0.622. The van der Waals surface area contributed by atoms with Gasteiger partial charge in [0.2, 0.25) is 0 Å². The predicted octanol–water partition coefficient (Wildman–Crippen LogP) is 3.65. The number of nitrogens with zero attached hydrogens (tertiary/aromatic N) is 3. The van der Waals surface area contributed by atoms with Gasteiger partial charge in [-0.25, -0.2) is 9.97 Å². The summed E-state index contributed by atoms with van der Waals surface area (Å²) in [5.74, 6) is 1.27. The summed E-state index contributed by atoms with van der Waals surface area (Å²) in [7, 11) is 1.72. The summed E-state index contributed by atoms with van der Waals surface area (Å²) in [4.78, 5) is 12.8. The number of para-hydroxylation sites is 1. The molecule has 1 saturated heterocycles. The lowest BCUT2D eigenvalue weighted by atomic mass is 9.83. The second kappa shape index (κ2) is 7.63. The van der Waals surface area contributed by atoms with E-state index in [-0.39, 0.29) is 23.2 Å². The van der Waals surface area contributed by atoms with Gasteiger partial charge in [0.25, 0.3) is 0 Å². The minimum absolute atomic E-state index is 0.0624. The molecule has 2 N–H and O–H groups in total. The topological polar surface area (TPSA) is 75.3 Å². The first kappa shape index (κ1) is 21.0. The van der Waals surface area contributed by atoms with Crippen molar-refractivity contribution in [1.29, 1.82) is 0 Å². The molecule has 0 aliphatic carbocycles. The van der Waals surface area contributed by atoms with E-state index in [1.54, 1.807) is 7.11 Å². The highest BCUT2D eigenvalue weighted by molar-refractivity contribution is 5.87. The van der Waals surface area contributed by atoms with E-state index in [0.29, 0.717) is 24.4 Å². The summed E-state index contributed by atoms with van der Waals surface area (Å²) in [6.45, 7) is 4.69. The molecule has 0 amide bonds. The van der Waals surface area contributed by atoms with Crippen LogP contribution in [-0.2, 0) is 10.9 Å². The van der Waals surface area contributed by atoms with Gasteiger partial charge in [-0.3, -0.25) is 4.90 Å². The van der Waals surface area contributed by atoms with E-state index in [1.807, 2.05) is 24.3 Å². The molecule has 2 atom stereocenters. The monoisotopic (exact) mass is 447 g/mol. The number of hydrogen-bond donors (Lipinski definition) is 2. The fraction of sp³-hybridized carbons (Fsp3) is 0.455. The summed E-state index contributed by atoms with van der Waals surface area (Å²) in [5, 5.41) is 3.59. The van der Waals surface area contributed by atoms with Crippen molar-refractivity contribution in [2.45, 2.75) is 30.7 Å². The van der Waals surface area contributed by atoms with Gasteiger partial charge in [0.15, 0.2) is 0 Å². The predicted molar refractivity (Wildman–Crippen MR) is 113 cm³/mol. The third-order valence-electron chi connectivity index (χ3n) is 6.45. The van der Waals surface area contributed by atoms with Gasteiger partial charge in [0, 0.05) is 38.2 Å². The second-order valence-corrected chi connectivity index (χ2v) is 8.63. The number of aromatic nitrogens is 3. The fourth-order valence-corrected chi connectivity index (χ4v) is 4.64. The van der Waals surface area contributed by atoms with Crippen molar-refractivity contribution < 1.29 is 22.6 Å². The zero-order valence-electron chi connectivity index (χ0n) is 17.7. The summed E-state index contributed by atoms with van der Waals surface area (Å²) < 4.78 is 51.1. The van der Waals surface area contributed by atoms with E-state index in [0.717, 1.165) is 30.5 Å². The van der Waals surface area contributed by atoms with Crippen LogP contribution in [0.2, 0.25) is 0 Å². The van der Waals surface area contributed by atoms with Gasteiger partial charge >= 0.3 is 6.18 Å². The van der Waals surface area contributed by atoms with Crippen LogP contribution >= 0.6 is 0 Å². The van der Waals surface area contributed by atoms with E-state index >= 15 is 0 Å². The van der Waals surface area contributed by atoms with Crippen LogP contribution in [0.3, 0.4) is 0 Å². The third kappa shape index (κ3) is 3.67. The Morgan fingerprint density at radius 3 is 2.81 bits per heavy atom. The first-order valence-corrected chi connectivity index (χ1v) is 10.4. The molecule has 10 heteroatoms. The number of rotatable bonds is 5. The lowest BCUT2D eigenvalue weighted by molar-refractivity contribution is -0.140. The number of alkyl halides is 3. The number of methoxy groups -OCH3 is 1. The molecule has 0 saturated carbocycles. The summed E-state index contributed by atoms with van der Waals surface area (Å²) in [6, 6.07) is 9.04. The van der Waals surface area contributed by atoms with Crippen LogP contribution in [0.4, 0.5) is 19.0 Å². The number of nitrogens with one attached hydrogen (secondary N) is 2. The standard InChI is InChI=1S/C22H24F3N5O2/c1-21(31-2)10-30(11-21)16-9-32-17-6-4-3-5-13(17)15(16)8-26-19-14-7-18(22(23,24)25)29-20(14)28-12-27-19/h3-7,12,15-16H,8-11H2,1-2H3,(H2,26,27,28,29). The Balaban J connectivity index is 1.42. The number of anilines is 1. The van der Waals surface area contributed by atoms with Gasteiger partial charge in [-0.05, 0) is 19.1 Å². The Labute approximate surface area is 182 Å². The van der Waals surface area contributed by atoms with Crippen molar-refractivity contribution in [1.82, 2.24) is 19.9 Å². The highest BCUT2D eigenvalue weighted by Crippen LogP contribution is 2.40. The van der Waals surface area contributed by atoms with E-state index in [9.17, 15) is 13.2 Å². The molecule has 1 aromatic carbocycles. The highest BCUT2D eigenvalue weighted by atomic mass is 19.4. The molecule has 170 valence electrons. The summed E-state index contributed by atoms with van der Waals surface area (Å²) in [5.41, 5.74) is 0.201. The average molecular weight is 447 g/mol. The summed E-state index contributed by atoms with van der Waals surface area (Å²) >= 11 is 0. The van der Waals surface area contributed by atoms with Crippen LogP contribution in [0.25, 0.3) is 11.0 Å². The fourth-order valence-electron chi connectivity index (χ4n) is 4.64. The number of hydrogen-bond acceptors (Lipinski definition) is 6. The van der Waals surface area contributed by atoms with Gasteiger partial charge in [0.1, 0.15) is 35.8 Å². The van der Waals surface area contributed by atoms with Crippen LogP contribution < -0.4 is 10.1 Å². The number of fused-ring (bicyclic) bond motifs is 2. The zero-order valence-corrected chi connectivity index (χ0v) is 17.7. The van der Waals surface area contributed by atoms with Crippen molar-refractivity contribution in [3.05, 3.63) is 47.9 Å². The van der Waals surface area contributed by atoms with Crippen molar-refractivity contribution in [3.8, 4) is 5.75 Å². The summed E-state index contributed by atoms with van der Waals surface area (Å²) in [6.07, 6.45) is -3.22. The molecule has 3 aromatic rings. The van der Waals surface area contributed by atoms with E-state index in [2.05, 4.69) is 32.1 Å². The van der Waals surface area contributed by atoms with Crippen molar-refractivity contribution >= 4 is 16.9 Å². The lowest BCUT2D eigenvalue weighted by Crippen LogP contribution is -2.66. The van der Waals surface area contributed by atoms with Crippen molar-refractivity contribution in [2.75, 3.05) is 38.7 Å². The maximum Gasteiger partial charge on any atom is 0.431 e.